The van der Waals surface area contributed by atoms with E-state index in [1.54, 1.807) is 32.9 Å². The van der Waals surface area contributed by atoms with E-state index in [0.29, 0.717) is 15.8 Å². The first-order valence-electron chi connectivity index (χ1n) is 9.39. The van der Waals surface area contributed by atoms with E-state index in [1.807, 2.05) is 36.4 Å². The van der Waals surface area contributed by atoms with Crippen molar-refractivity contribution in [1.29, 1.82) is 0 Å². The van der Waals surface area contributed by atoms with Crippen molar-refractivity contribution >= 4 is 47.0 Å². The van der Waals surface area contributed by atoms with Gasteiger partial charge < -0.3 is 14.8 Å². The Kier molecular flexibility index (Phi) is 9.34. The number of rotatable bonds is 8. The molecule has 1 amide bonds. The molecule has 0 fully saturated rings. The molecule has 162 valence electrons. The Morgan fingerprint density at radius 1 is 1.07 bits per heavy atom. The predicted octanol–water partition coefficient (Wildman–Crippen LogP) is 6.11. The maximum atomic E-state index is 12.3. The molecule has 5 nitrogen and oxygen atoms in total. The minimum absolute atomic E-state index is 0.0143. The average molecular weight is 470 g/mol. The summed E-state index contributed by atoms with van der Waals surface area (Å²) >= 11 is 13.5. The molecule has 0 aliphatic rings. The first-order chi connectivity index (χ1) is 14.1. The highest BCUT2D eigenvalue weighted by Gasteiger charge is 2.22. The van der Waals surface area contributed by atoms with Gasteiger partial charge in [0.25, 0.3) is 0 Å². The van der Waals surface area contributed by atoms with Gasteiger partial charge in [-0.3, -0.25) is 4.79 Å². The van der Waals surface area contributed by atoms with Crippen molar-refractivity contribution in [2.75, 3.05) is 5.75 Å². The lowest BCUT2D eigenvalue weighted by molar-refractivity contribution is -0.145. The van der Waals surface area contributed by atoms with Crippen LogP contribution in [0.4, 0.5) is 4.79 Å². The Bertz CT molecular complexity index is 856. The van der Waals surface area contributed by atoms with Crippen LogP contribution >= 0.6 is 35.0 Å². The van der Waals surface area contributed by atoms with Gasteiger partial charge in [0.1, 0.15) is 12.2 Å². The van der Waals surface area contributed by atoms with Gasteiger partial charge in [0, 0.05) is 10.6 Å². The minimum atomic E-state index is -0.640. The Morgan fingerprint density at radius 2 is 1.77 bits per heavy atom. The molecule has 0 saturated heterocycles. The molecule has 1 N–H and O–H groups in total. The van der Waals surface area contributed by atoms with Crippen molar-refractivity contribution < 1.29 is 19.1 Å². The van der Waals surface area contributed by atoms with Crippen molar-refractivity contribution in [3.63, 3.8) is 0 Å². The quantitative estimate of drug-likeness (QED) is 0.372. The lowest BCUT2D eigenvalue weighted by Crippen LogP contribution is -2.41. The molecule has 8 heteroatoms. The molecule has 2 rings (SSSR count). The third-order valence-electron chi connectivity index (χ3n) is 3.72. The second kappa shape index (κ2) is 11.5. The van der Waals surface area contributed by atoms with Crippen LogP contribution in [0.3, 0.4) is 0 Å². The number of ether oxygens (including phenoxy) is 2. The summed E-state index contributed by atoms with van der Waals surface area (Å²) in [5, 5.41) is 3.67. The van der Waals surface area contributed by atoms with Gasteiger partial charge >= 0.3 is 12.1 Å². The molecule has 2 aromatic carbocycles. The Morgan fingerprint density at radius 3 is 2.40 bits per heavy atom. The molecular weight excluding hydrogens is 445 g/mol. The Hall–Kier alpha value is -1.89. The number of amides is 1. The minimum Gasteiger partial charge on any atom is -0.461 e. The van der Waals surface area contributed by atoms with Crippen molar-refractivity contribution in [2.24, 2.45) is 0 Å². The van der Waals surface area contributed by atoms with Crippen LogP contribution in [0.15, 0.2) is 53.4 Å². The number of carbonyl (C=O) groups is 2. The fourth-order valence-corrected chi connectivity index (χ4v) is 3.71. The number of alkyl carbamates (subject to hydrolysis) is 1. The third-order valence-corrected chi connectivity index (χ3v) is 5.61. The highest BCUT2D eigenvalue weighted by Crippen LogP contribution is 2.28. The van der Waals surface area contributed by atoms with E-state index in [4.69, 9.17) is 32.7 Å². The van der Waals surface area contributed by atoms with E-state index in [0.717, 1.165) is 10.5 Å². The van der Waals surface area contributed by atoms with Crippen molar-refractivity contribution in [1.82, 2.24) is 5.32 Å². The number of hydrogen-bond donors (Lipinski definition) is 1. The summed E-state index contributed by atoms with van der Waals surface area (Å²) in [6.07, 6.45) is -0.571. The third kappa shape index (κ3) is 9.28. The standard InChI is InChI=1S/C22H25Cl2NO4S/c1-22(2,3)29-21(27)25-16(14-30-17-9-10-18(23)19(24)12-17)11-20(26)28-13-15-7-5-4-6-8-15/h4-10,12,16H,11,13-14H2,1-3H3,(H,25,27)/t16-/m0/s1. The van der Waals surface area contributed by atoms with Crippen molar-refractivity contribution in [2.45, 2.75) is 50.3 Å². The lowest BCUT2D eigenvalue weighted by Gasteiger charge is -2.23. The van der Waals surface area contributed by atoms with Gasteiger partial charge in [0.2, 0.25) is 0 Å². The molecule has 0 aliphatic carbocycles. The van der Waals surface area contributed by atoms with E-state index in [-0.39, 0.29) is 13.0 Å². The molecule has 0 aromatic heterocycles. The van der Waals surface area contributed by atoms with Gasteiger partial charge in [-0.2, -0.15) is 0 Å². The van der Waals surface area contributed by atoms with Crippen LogP contribution in [0.5, 0.6) is 0 Å². The second-order valence-electron chi connectivity index (χ2n) is 7.58. The average Bonchev–Trinajstić information content (AvgIpc) is 2.66. The Balaban J connectivity index is 1.97. The van der Waals surface area contributed by atoms with E-state index >= 15 is 0 Å². The zero-order valence-corrected chi connectivity index (χ0v) is 19.4. The van der Waals surface area contributed by atoms with Crippen LogP contribution in [0.2, 0.25) is 10.0 Å². The first-order valence-corrected chi connectivity index (χ1v) is 11.1. The summed E-state index contributed by atoms with van der Waals surface area (Å²) in [6.45, 7) is 5.51. The number of thioether (sulfide) groups is 1. The molecule has 0 spiro atoms. The number of halogens is 2. The first kappa shape index (κ1) is 24.4. The summed E-state index contributed by atoms with van der Waals surface area (Å²) in [6, 6.07) is 14.2. The van der Waals surface area contributed by atoms with E-state index < -0.39 is 23.7 Å². The van der Waals surface area contributed by atoms with Gasteiger partial charge in [-0.15, -0.1) is 11.8 Å². The number of esters is 1. The number of nitrogens with one attached hydrogen (secondary N) is 1. The van der Waals surface area contributed by atoms with Gasteiger partial charge in [0.05, 0.1) is 22.5 Å². The van der Waals surface area contributed by atoms with Crippen LogP contribution in [-0.4, -0.2) is 29.5 Å². The maximum absolute atomic E-state index is 12.3. The fourth-order valence-electron chi connectivity index (χ4n) is 2.39. The van der Waals surface area contributed by atoms with Gasteiger partial charge in [-0.1, -0.05) is 53.5 Å². The molecule has 0 heterocycles. The summed E-state index contributed by atoms with van der Waals surface area (Å²) in [7, 11) is 0. The van der Waals surface area contributed by atoms with Crippen LogP contribution in [0.1, 0.15) is 32.8 Å². The zero-order chi connectivity index (χ0) is 22.1. The lowest BCUT2D eigenvalue weighted by atomic mass is 10.2. The van der Waals surface area contributed by atoms with E-state index in [1.165, 1.54) is 11.8 Å². The van der Waals surface area contributed by atoms with Crippen molar-refractivity contribution in [3.8, 4) is 0 Å². The monoisotopic (exact) mass is 469 g/mol. The molecule has 0 bridgehead atoms. The second-order valence-corrected chi connectivity index (χ2v) is 9.49. The summed E-state index contributed by atoms with van der Waals surface area (Å²) < 4.78 is 10.7. The largest absolute Gasteiger partial charge is 0.461 e. The number of benzene rings is 2. The predicted molar refractivity (Wildman–Crippen MR) is 121 cm³/mol. The summed E-state index contributed by atoms with van der Waals surface area (Å²) in [5.74, 6) is 0.0205. The molecule has 0 saturated carbocycles. The SMILES string of the molecule is CC(C)(C)OC(=O)N[C@H](CSc1ccc(Cl)c(Cl)c1)CC(=O)OCc1ccccc1. The van der Waals surface area contributed by atoms with Gasteiger partial charge in [0.15, 0.2) is 0 Å². The molecule has 2 aromatic rings. The highest BCUT2D eigenvalue weighted by atomic mass is 35.5. The van der Waals surface area contributed by atoms with Gasteiger partial charge in [-0.25, -0.2) is 4.79 Å². The molecule has 30 heavy (non-hydrogen) atoms. The Labute approximate surface area is 191 Å². The number of hydrogen-bond acceptors (Lipinski definition) is 5. The topological polar surface area (TPSA) is 64.6 Å². The summed E-state index contributed by atoms with van der Waals surface area (Å²) in [4.78, 5) is 25.4. The van der Waals surface area contributed by atoms with E-state index in [2.05, 4.69) is 5.32 Å². The highest BCUT2D eigenvalue weighted by molar-refractivity contribution is 7.99. The van der Waals surface area contributed by atoms with Crippen LogP contribution in [0.25, 0.3) is 0 Å². The summed E-state index contributed by atoms with van der Waals surface area (Å²) in [5.41, 5.74) is 0.256. The van der Waals surface area contributed by atoms with E-state index in [9.17, 15) is 9.59 Å². The maximum Gasteiger partial charge on any atom is 0.407 e. The van der Waals surface area contributed by atoms with Crippen LogP contribution in [-0.2, 0) is 20.9 Å². The number of carbonyl (C=O) groups excluding carboxylic acids is 2. The molecule has 1 atom stereocenters. The molecular formula is C22H25Cl2NO4S. The molecule has 0 unspecified atom stereocenters. The van der Waals surface area contributed by atoms with Crippen LogP contribution < -0.4 is 5.32 Å². The molecule has 0 aliphatic heterocycles. The zero-order valence-electron chi connectivity index (χ0n) is 17.1. The normalized spacial score (nSPS) is 12.2. The van der Waals surface area contributed by atoms with Crippen LogP contribution in [0, 0.1) is 0 Å². The molecule has 0 radical (unpaired) electrons. The fraction of sp³-hybridized carbons (Fsp3) is 0.364. The van der Waals surface area contributed by atoms with Gasteiger partial charge in [-0.05, 0) is 44.5 Å². The van der Waals surface area contributed by atoms with Crippen molar-refractivity contribution in [3.05, 3.63) is 64.1 Å². The smallest absolute Gasteiger partial charge is 0.407 e.